The molecule has 0 heterocycles. The predicted octanol–water partition coefficient (Wildman–Crippen LogP) is 7.81. The Bertz CT molecular complexity index is 1080. The average Bonchev–Trinajstić information content (AvgIpc) is 3.19. The van der Waals surface area contributed by atoms with Gasteiger partial charge in [0.1, 0.15) is 17.8 Å². The van der Waals surface area contributed by atoms with Crippen molar-refractivity contribution >= 4 is 17.1 Å². The van der Waals surface area contributed by atoms with Crippen LogP contribution in [0.4, 0.5) is 0 Å². The van der Waals surface area contributed by atoms with Crippen LogP contribution in [-0.2, 0) is 37.9 Å². The standard InChI is InChI=1S/C21H28O3.C14H22O2S/c1-4-21(24-5-2)20(11-7-15-22)12-8-16-23-17-19-10-6-9-18(3)13-14-19;1-4-12-9-13(5-2)11-14(10-12)16-7-6-8-17(3)15/h4,6,8-10,12-13,15H,1,5,7,11,14,16-17H2,2-3H3;9-11H,4-8H2,1-3H3/b12-8-,21-20+;. The van der Waals surface area contributed by atoms with Crippen LogP contribution in [0.2, 0.25) is 0 Å². The van der Waals surface area contributed by atoms with Crippen molar-refractivity contribution in [1.82, 2.24) is 0 Å². The number of carbonyl (C=O) groups excluding carboxylic acids is 1. The molecule has 0 radical (unpaired) electrons. The lowest BCUT2D eigenvalue weighted by Crippen LogP contribution is -2.04. The van der Waals surface area contributed by atoms with E-state index in [1.807, 2.05) is 19.1 Å². The topological polar surface area (TPSA) is 61.8 Å². The number of hydrogen-bond acceptors (Lipinski definition) is 5. The molecule has 1 aromatic carbocycles. The van der Waals surface area contributed by atoms with Gasteiger partial charge in [0.25, 0.3) is 0 Å². The average molecular weight is 583 g/mol. The molecule has 0 N–H and O–H groups in total. The third-order valence-electron chi connectivity index (χ3n) is 6.22. The Labute approximate surface area is 251 Å². The molecule has 0 saturated heterocycles. The third kappa shape index (κ3) is 16.8. The van der Waals surface area contributed by atoms with Crippen LogP contribution in [0.3, 0.4) is 0 Å². The number of carbonyl (C=O) groups is 1. The Morgan fingerprint density at radius 3 is 2.46 bits per heavy atom. The summed E-state index contributed by atoms with van der Waals surface area (Å²) in [5.41, 5.74) is 6.14. The summed E-state index contributed by atoms with van der Waals surface area (Å²) >= 11 is 0. The van der Waals surface area contributed by atoms with Crippen molar-refractivity contribution in [3.05, 3.63) is 101 Å². The highest BCUT2D eigenvalue weighted by Gasteiger charge is 2.03. The second-order valence-electron chi connectivity index (χ2n) is 9.66. The van der Waals surface area contributed by atoms with E-state index < -0.39 is 10.8 Å². The van der Waals surface area contributed by atoms with Crippen molar-refractivity contribution in [2.24, 2.45) is 0 Å². The molecule has 226 valence electrons. The fourth-order valence-corrected chi connectivity index (χ4v) is 4.46. The largest absolute Gasteiger partial charge is 0.494 e. The maximum absolute atomic E-state index is 10.9. The van der Waals surface area contributed by atoms with Gasteiger partial charge in [0, 0.05) is 29.2 Å². The second-order valence-corrected chi connectivity index (χ2v) is 11.2. The van der Waals surface area contributed by atoms with Crippen LogP contribution in [0.1, 0.15) is 64.5 Å². The molecule has 1 aliphatic rings. The quantitative estimate of drug-likeness (QED) is 0.0765. The molecule has 0 aromatic heterocycles. The lowest BCUT2D eigenvalue weighted by atomic mass is 10.1. The monoisotopic (exact) mass is 582 g/mol. The first-order valence-electron chi connectivity index (χ1n) is 14.6. The van der Waals surface area contributed by atoms with Crippen LogP contribution in [0.25, 0.3) is 0 Å². The molecule has 1 atom stereocenters. The molecule has 0 amide bonds. The molecule has 0 spiro atoms. The number of hydrogen-bond donors (Lipinski definition) is 0. The van der Waals surface area contributed by atoms with Crippen molar-refractivity contribution in [2.45, 2.75) is 66.2 Å². The summed E-state index contributed by atoms with van der Waals surface area (Å²) in [6, 6.07) is 6.43. The van der Waals surface area contributed by atoms with E-state index in [0.717, 1.165) is 49.1 Å². The van der Waals surface area contributed by atoms with Crippen LogP contribution < -0.4 is 4.74 Å². The lowest BCUT2D eigenvalue weighted by Gasteiger charge is -2.09. The van der Waals surface area contributed by atoms with Gasteiger partial charge in [-0.25, -0.2) is 0 Å². The Hall–Kier alpha value is -2.96. The molecular weight excluding hydrogens is 532 g/mol. The zero-order chi connectivity index (χ0) is 30.3. The first kappa shape index (κ1) is 36.1. The summed E-state index contributed by atoms with van der Waals surface area (Å²) in [5, 5.41) is 0. The molecule has 1 aliphatic carbocycles. The van der Waals surface area contributed by atoms with E-state index in [0.29, 0.717) is 45.0 Å². The number of aldehydes is 1. The minimum absolute atomic E-state index is 0.468. The van der Waals surface area contributed by atoms with Gasteiger partial charge >= 0.3 is 0 Å². The van der Waals surface area contributed by atoms with Crippen molar-refractivity contribution in [2.75, 3.05) is 38.4 Å². The third-order valence-corrected chi connectivity index (χ3v) is 7.08. The van der Waals surface area contributed by atoms with Gasteiger partial charge in [-0.1, -0.05) is 68.5 Å². The van der Waals surface area contributed by atoms with Gasteiger partial charge in [0.05, 0.1) is 26.4 Å². The van der Waals surface area contributed by atoms with Gasteiger partial charge in [-0.2, -0.15) is 0 Å². The molecular formula is C35H50O5S. The predicted molar refractivity (Wildman–Crippen MR) is 174 cm³/mol. The number of benzene rings is 1. The van der Waals surface area contributed by atoms with E-state index in [4.69, 9.17) is 14.2 Å². The molecule has 41 heavy (non-hydrogen) atoms. The fourth-order valence-electron chi connectivity index (χ4n) is 3.93. The molecule has 2 rings (SSSR count). The first-order valence-corrected chi connectivity index (χ1v) is 16.3. The summed E-state index contributed by atoms with van der Waals surface area (Å²) in [6.07, 6.45) is 21.7. The van der Waals surface area contributed by atoms with Gasteiger partial charge < -0.3 is 19.0 Å². The highest BCUT2D eigenvalue weighted by atomic mass is 32.2. The summed E-state index contributed by atoms with van der Waals surface area (Å²) in [4.78, 5) is 10.6. The SMILES string of the molecule is C=C/C(OCC)=C(\C=C/COCC1=CC=CC(C)=CC1)CCC=O.CCc1cc(CC)cc(OCCCS(C)=O)c1. The summed E-state index contributed by atoms with van der Waals surface area (Å²) in [7, 11) is -0.715. The van der Waals surface area contributed by atoms with Crippen molar-refractivity contribution < 1.29 is 23.2 Å². The van der Waals surface area contributed by atoms with Gasteiger partial charge in [0.15, 0.2) is 0 Å². The summed E-state index contributed by atoms with van der Waals surface area (Å²) < 4.78 is 27.9. The molecule has 1 unspecified atom stereocenters. The smallest absolute Gasteiger partial charge is 0.121 e. The fraction of sp³-hybridized carbons (Fsp3) is 0.457. The van der Waals surface area contributed by atoms with E-state index in [9.17, 15) is 9.00 Å². The number of rotatable bonds is 18. The second kappa shape index (κ2) is 22.7. The van der Waals surface area contributed by atoms with Gasteiger partial charge in [0.2, 0.25) is 0 Å². The van der Waals surface area contributed by atoms with E-state index in [1.54, 1.807) is 12.3 Å². The van der Waals surface area contributed by atoms with Crippen molar-refractivity contribution in [3.63, 3.8) is 0 Å². The first-order chi connectivity index (χ1) is 19.9. The number of aryl methyl sites for hydroxylation is 2. The Morgan fingerprint density at radius 2 is 1.85 bits per heavy atom. The van der Waals surface area contributed by atoms with Crippen LogP contribution >= 0.6 is 0 Å². The van der Waals surface area contributed by atoms with E-state index in [2.05, 4.69) is 69.9 Å². The molecule has 6 heteroatoms. The zero-order valence-electron chi connectivity index (χ0n) is 25.8. The Kier molecular flexibility index (Phi) is 20.0. The van der Waals surface area contributed by atoms with E-state index in [-0.39, 0.29) is 0 Å². The van der Waals surface area contributed by atoms with Crippen LogP contribution in [-0.4, -0.2) is 48.9 Å². The van der Waals surface area contributed by atoms with Gasteiger partial charge in [-0.15, -0.1) is 0 Å². The van der Waals surface area contributed by atoms with Crippen LogP contribution in [0.15, 0.2) is 89.8 Å². The molecule has 0 bridgehead atoms. The maximum Gasteiger partial charge on any atom is 0.121 e. The van der Waals surface area contributed by atoms with Gasteiger partial charge in [-0.3, -0.25) is 4.21 Å². The molecule has 0 fully saturated rings. The Morgan fingerprint density at radius 1 is 1.12 bits per heavy atom. The summed E-state index contributed by atoms with van der Waals surface area (Å²) in [5.74, 6) is 2.39. The zero-order valence-corrected chi connectivity index (χ0v) is 26.6. The normalized spacial score (nSPS) is 14.2. The summed E-state index contributed by atoms with van der Waals surface area (Å²) in [6.45, 7) is 14.5. The van der Waals surface area contributed by atoms with Crippen LogP contribution in [0.5, 0.6) is 5.75 Å². The van der Waals surface area contributed by atoms with Gasteiger partial charge in [-0.05, 0) is 86.4 Å². The van der Waals surface area contributed by atoms with E-state index >= 15 is 0 Å². The highest BCUT2D eigenvalue weighted by molar-refractivity contribution is 7.84. The molecule has 0 aliphatic heterocycles. The van der Waals surface area contributed by atoms with Crippen molar-refractivity contribution in [3.8, 4) is 5.75 Å². The van der Waals surface area contributed by atoms with Crippen LogP contribution in [0, 0.1) is 0 Å². The molecule has 1 aromatic rings. The van der Waals surface area contributed by atoms with Crippen molar-refractivity contribution in [1.29, 1.82) is 0 Å². The molecule has 0 saturated carbocycles. The van der Waals surface area contributed by atoms with E-state index in [1.165, 1.54) is 22.3 Å². The number of allylic oxidation sites excluding steroid dienone is 8. The maximum atomic E-state index is 10.9. The lowest BCUT2D eigenvalue weighted by molar-refractivity contribution is -0.107. The highest BCUT2D eigenvalue weighted by Crippen LogP contribution is 2.19. The Balaban J connectivity index is 0.000000435. The minimum Gasteiger partial charge on any atom is -0.494 e. The minimum atomic E-state index is -0.715. The number of ether oxygens (including phenoxy) is 3. The molecule has 5 nitrogen and oxygen atoms in total.